The third-order valence-electron chi connectivity index (χ3n) is 3.28. The first-order valence-electron chi connectivity index (χ1n) is 7.19. The predicted molar refractivity (Wildman–Crippen MR) is 89.1 cm³/mol. The highest BCUT2D eigenvalue weighted by Crippen LogP contribution is 2.37. The lowest BCUT2D eigenvalue weighted by molar-refractivity contribution is 0.340. The summed E-state index contributed by atoms with van der Waals surface area (Å²) < 4.78 is 10.2. The second kappa shape index (κ2) is 7.00. The number of ether oxygens (including phenoxy) is 2. The minimum Gasteiger partial charge on any atom is -0.502 e. The van der Waals surface area contributed by atoms with E-state index in [9.17, 15) is 9.90 Å². The minimum absolute atomic E-state index is 0.0523. The summed E-state index contributed by atoms with van der Waals surface area (Å²) in [5, 5.41) is 9.90. The van der Waals surface area contributed by atoms with Crippen molar-refractivity contribution in [3.8, 4) is 17.2 Å². The fourth-order valence-corrected chi connectivity index (χ4v) is 2.05. The fraction of sp³-hybridized carbons (Fsp3) is 0.294. The molecule has 23 heavy (non-hydrogen) atoms. The van der Waals surface area contributed by atoms with Crippen LogP contribution in [0.2, 0.25) is 0 Å². The number of aromatic hydroxyl groups is 1. The van der Waals surface area contributed by atoms with Crippen molar-refractivity contribution in [3.63, 3.8) is 0 Å². The largest absolute Gasteiger partial charge is 0.502 e. The van der Waals surface area contributed by atoms with Crippen LogP contribution in [0.3, 0.4) is 0 Å². The molecule has 0 amide bonds. The monoisotopic (exact) mass is 316 g/mol. The maximum absolute atomic E-state index is 11.7. The molecule has 1 heterocycles. The van der Waals surface area contributed by atoms with Crippen LogP contribution in [0.15, 0.2) is 23.0 Å². The molecule has 0 aliphatic heterocycles. The maximum atomic E-state index is 11.7. The normalized spacial score (nSPS) is 11.2. The number of hydrogen-bond acceptors (Lipinski definition) is 5. The first kappa shape index (κ1) is 16.6. The molecule has 0 unspecified atom stereocenters. The Bertz CT molecular complexity index is 753. The van der Waals surface area contributed by atoms with Gasteiger partial charge in [-0.1, -0.05) is 19.9 Å². The molecule has 6 heteroatoms. The zero-order valence-corrected chi connectivity index (χ0v) is 13.6. The number of H-pyrrole nitrogens is 1. The molecular weight excluding hydrogens is 296 g/mol. The van der Waals surface area contributed by atoms with Crippen LogP contribution in [-0.4, -0.2) is 29.3 Å². The number of phenols is 1. The molecule has 122 valence electrons. The molecule has 6 nitrogen and oxygen atoms in total. The maximum Gasteiger partial charge on any atom is 0.251 e. The smallest absolute Gasteiger partial charge is 0.251 e. The van der Waals surface area contributed by atoms with Gasteiger partial charge in [0.15, 0.2) is 11.5 Å². The van der Waals surface area contributed by atoms with Crippen molar-refractivity contribution < 1.29 is 14.6 Å². The number of rotatable bonds is 5. The molecule has 2 aromatic rings. The minimum atomic E-state index is -0.191. The molecule has 0 fully saturated rings. The summed E-state index contributed by atoms with van der Waals surface area (Å²) >= 11 is 0. The van der Waals surface area contributed by atoms with Crippen molar-refractivity contribution in [1.82, 2.24) is 9.97 Å². The van der Waals surface area contributed by atoms with Gasteiger partial charge in [-0.05, 0) is 23.8 Å². The molecule has 1 aromatic heterocycles. The molecule has 0 saturated carbocycles. The van der Waals surface area contributed by atoms with Gasteiger partial charge < -0.3 is 19.6 Å². The zero-order chi connectivity index (χ0) is 17.0. The summed E-state index contributed by atoms with van der Waals surface area (Å²) in [6.45, 7) is 3.92. The number of aromatic amines is 1. The number of aromatic nitrogens is 2. The van der Waals surface area contributed by atoms with Gasteiger partial charge in [0, 0.05) is 12.0 Å². The fourth-order valence-electron chi connectivity index (χ4n) is 2.05. The number of nitrogens with zero attached hydrogens (tertiary/aromatic N) is 1. The number of hydrogen-bond donors (Lipinski definition) is 2. The Morgan fingerprint density at radius 1 is 1.13 bits per heavy atom. The van der Waals surface area contributed by atoms with Crippen LogP contribution in [0.1, 0.15) is 36.8 Å². The van der Waals surface area contributed by atoms with Crippen molar-refractivity contribution in [3.05, 3.63) is 45.6 Å². The van der Waals surface area contributed by atoms with Gasteiger partial charge in [0.25, 0.3) is 5.56 Å². The highest BCUT2D eigenvalue weighted by atomic mass is 16.5. The van der Waals surface area contributed by atoms with E-state index in [-0.39, 0.29) is 17.2 Å². The summed E-state index contributed by atoms with van der Waals surface area (Å²) in [7, 11) is 2.93. The number of nitrogens with one attached hydrogen (secondary N) is 1. The van der Waals surface area contributed by atoms with Gasteiger partial charge in [0.2, 0.25) is 5.75 Å². The van der Waals surface area contributed by atoms with Gasteiger partial charge in [-0.2, -0.15) is 0 Å². The van der Waals surface area contributed by atoms with Crippen LogP contribution in [0, 0.1) is 0 Å². The molecular formula is C17H20N2O4. The highest BCUT2D eigenvalue weighted by Gasteiger charge is 2.10. The molecule has 0 spiro atoms. The average molecular weight is 316 g/mol. The number of benzene rings is 1. The average Bonchev–Trinajstić information content (AvgIpc) is 2.53. The van der Waals surface area contributed by atoms with Gasteiger partial charge in [-0.15, -0.1) is 0 Å². The molecule has 2 rings (SSSR count). The zero-order valence-electron chi connectivity index (χ0n) is 13.6. The number of methoxy groups -OCH3 is 2. The van der Waals surface area contributed by atoms with E-state index >= 15 is 0 Å². The molecule has 0 aliphatic rings. The van der Waals surface area contributed by atoms with Crippen molar-refractivity contribution >= 4 is 12.2 Å². The van der Waals surface area contributed by atoms with Crippen LogP contribution in [-0.2, 0) is 0 Å². The third-order valence-corrected chi connectivity index (χ3v) is 3.28. The van der Waals surface area contributed by atoms with Gasteiger partial charge >= 0.3 is 0 Å². The van der Waals surface area contributed by atoms with E-state index in [0.717, 1.165) is 5.56 Å². The van der Waals surface area contributed by atoms with E-state index in [2.05, 4.69) is 9.97 Å². The van der Waals surface area contributed by atoms with Crippen molar-refractivity contribution in [2.45, 2.75) is 19.8 Å². The molecule has 0 saturated heterocycles. The summed E-state index contributed by atoms with van der Waals surface area (Å²) in [4.78, 5) is 18.8. The van der Waals surface area contributed by atoms with Crippen LogP contribution < -0.4 is 15.0 Å². The first-order chi connectivity index (χ1) is 10.9. The Labute approximate surface area is 134 Å². The highest BCUT2D eigenvalue weighted by molar-refractivity contribution is 5.71. The number of phenolic OH excluding ortho intramolecular Hbond substituents is 1. The lowest BCUT2D eigenvalue weighted by atomic mass is 10.1. The summed E-state index contributed by atoms with van der Waals surface area (Å²) in [5.74, 6) is 1.34. The topological polar surface area (TPSA) is 84.4 Å². The Hall–Kier alpha value is -2.76. The second-order valence-electron chi connectivity index (χ2n) is 5.32. The molecule has 2 N–H and O–H groups in total. The third kappa shape index (κ3) is 3.91. The SMILES string of the molecule is COc1cc(/C=C/c2cc(=O)[nH]c(C(C)C)n2)cc(OC)c1O. The van der Waals surface area contributed by atoms with Crippen molar-refractivity contribution in [2.75, 3.05) is 14.2 Å². The Morgan fingerprint density at radius 2 is 1.74 bits per heavy atom. The van der Waals surface area contributed by atoms with E-state index in [1.807, 2.05) is 13.8 Å². The van der Waals surface area contributed by atoms with Crippen LogP contribution >= 0.6 is 0 Å². The quantitative estimate of drug-likeness (QED) is 0.886. The van der Waals surface area contributed by atoms with E-state index < -0.39 is 0 Å². The molecule has 0 bridgehead atoms. The van der Waals surface area contributed by atoms with E-state index in [1.54, 1.807) is 24.3 Å². The first-order valence-corrected chi connectivity index (χ1v) is 7.19. The molecule has 1 aromatic carbocycles. The lowest BCUT2D eigenvalue weighted by Gasteiger charge is -2.09. The van der Waals surface area contributed by atoms with Crippen LogP contribution in [0.25, 0.3) is 12.2 Å². The van der Waals surface area contributed by atoms with Gasteiger partial charge in [0.1, 0.15) is 5.82 Å². The van der Waals surface area contributed by atoms with Gasteiger partial charge in [-0.25, -0.2) is 4.98 Å². The summed E-state index contributed by atoms with van der Waals surface area (Å²) in [5.41, 5.74) is 1.12. The van der Waals surface area contributed by atoms with Gasteiger partial charge in [0.05, 0.1) is 19.9 Å². The van der Waals surface area contributed by atoms with Crippen LogP contribution in [0.5, 0.6) is 17.2 Å². The molecule has 0 aliphatic carbocycles. The predicted octanol–water partition coefficient (Wildman–Crippen LogP) is 2.79. The Morgan fingerprint density at radius 3 is 2.26 bits per heavy atom. The summed E-state index contributed by atoms with van der Waals surface area (Å²) in [6.07, 6.45) is 3.50. The van der Waals surface area contributed by atoms with Gasteiger partial charge in [-0.3, -0.25) is 4.79 Å². The van der Waals surface area contributed by atoms with Crippen molar-refractivity contribution in [1.29, 1.82) is 0 Å². The Balaban J connectivity index is 2.39. The van der Waals surface area contributed by atoms with Crippen molar-refractivity contribution in [2.24, 2.45) is 0 Å². The Kier molecular flexibility index (Phi) is 5.05. The summed E-state index contributed by atoms with van der Waals surface area (Å²) in [6, 6.07) is 4.77. The van der Waals surface area contributed by atoms with E-state index in [4.69, 9.17) is 9.47 Å². The van der Waals surface area contributed by atoms with E-state index in [0.29, 0.717) is 23.0 Å². The van der Waals surface area contributed by atoms with Crippen LogP contribution in [0.4, 0.5) is 0 Å². The standard InChI is InChI=1S/C17H20N2O4/c1-10(2)17-18-12(9-15(20)19-17)6-5-11-7-13(22-3)16(21)14(8-11)23-4/h5-10,21H,1-4H3,(H,18,19,20)/b6-5+. The molecule has 0 radical (unpaired) electrons. The lowest BCUT2D eigenvalue weighted by Crippen LogP contribution is -2.12. The molecule has 0 atom stereocenters. The second-order valence-corrected chi connectivity index (χ2v) is 5.32. The van der Waals surface area contributed by atoms with E-state index in [1.165, 1.54) is 20.3 Å².